The summed E-state index contributed by atoms with van der Waals surface area (Å²) in [5.74, 6) is 0. The predicted molar refractivity (Wildman–Crippen MR) is 301 cm³/mol. The molecule has 3 heteroatoms. The maximum Gasteiger partial charge on any atom is 0.0730 e. The molecular weight excluding hydrogens is 865 g/mol. The van der Waals surface area contributed by atoms with Crippen molar-refractivity contribution in [3.63, 3.8) is 0 Å². The van der Waals surface area contributed by atoms with Gasteiger partial charge in [-0.2, -0.15) is 0 Å². The molecule has 0 saturated carbocycles. The van der Waals surface area contributed by atoms with Crippen molar-refractivity contribution < 1.29 is 0 Å². The standard InChI is InChI=1S/C67H40N2S/c1-2-12-41(13-3-1)46-27-30-64-59(35-46)60-39-57-56-34-47(48-28-31-67-61(36-48)55-20-10-11-21-66(55)70-67)26-29-54(56)52-18-8-9-19-53(52)58(57)40-65(60)69(64)51-37-62(49-24-22-42-14-4-6-16-44(42)32-49)68-63(38-51)50-25-23-43-15-5-7-17-45(43)33-50/h1-40H. The van der Waals surface area contributed by atoms with Crippen molar-refractivity contribution in [2.45, 2.75) is 0 Å². The monoisotopic (exact) mass is 904 g/mol. The first-order valence-electron chi connectivity index (χ1n) is 24.0. The number of benzene rings is 12. The summed E-state index contributed by atoms with van der Waals surface area (Å²) in [6.45, 7) is 0. The summed E-state index contributed by atoms with van der Waals surface area (Å²) in [4.78, 5) is 5.49. The van der Waals surface area contributed by atoms with Gasteiger partial charge in [-0.25, -0.2) is 4.98 Å². The summed E-state index contributed by atoms with van der Waals surface area (Å²) in [5.41, 5.74) is 12.2. The molecular formula is C67H40N2S. The lowest BCUT2D eigenvalue weighted by molar-refractivity contribution is 1.16. The summed E-state index contributed by atoms with van der Waals surface area (Å²) in [5, 5.41) is 17.4. The number of nitrogens with zero attached hydrogens (tertiary/aromatic N) is 2. The Hall–Kier alpha value is -8.89. The molecule has 15 rings (SSSR count). The number of pyridine rings is 1. The van der Waals surface area contributed by atoms with E-state index in [9.17, 15) is 0 Å². The SMILES string of the molecule is c1ccc(-c2ccc3c(c2)c2cc4c5cc(-c6ccc7sc8ccccc8c7c6)ccc5c5ccccc5c4cc2n3-c2cc(-c3ccc4ccccc4c3)nc(-c3ccc4ccccc4c3)c2)cc1. The van der Waals surface area contributed by atoms with E-state index in [-0.39, 0.29) is 0 Å². The maximum absolute atomic E-state index is 5.49. The molecule has 0 aliphatic rings. The summed E-state index contributed by atoms with van der Waals surface area (Å²) >= 11 is 1.87. The van der Waals surface area contributed by atoms with Gasteiger partial charge in [0.2, 0.25) is 0 Å². The summed E-state index contributed by atoms with van der Waals surface area (Å²) in [7, 11) is 0. The highest BCUT2D eigenvalue weighted by molar-refractivity contribution is 7.25. The van der Waals surface area contributed by atoms with Crippen molar-refractivity contribution in [3.8, 4) is 50.5 Å². The van der Waals surface area contributed by atoms with Crippen LogP contribution >= 0.6 is 11.3 Å². The highest BCUT2D eigenvalue weighted by Gasteiger charge is 2.20. The van der Waals surface area contributed by atoms with Gasteiger partial charge in [-0.1, -0.05) is 170 Å². The minimum absolute atomic E-state index is 0.931. The van der Waals surface area contributed by atoms with Gasteiger partial charge < -0.3 is 4.57 Å². The Morgan fingerprint density at radius 3 is 1.47 bits per heavy atom. The Morgan fingerprint density at radius 2 is 0.743 bits per heavy atom. The van der Waals surface area contributed by atoms with Gasteiger partial charge in [0.15, 0.2) is 0 Å². The molecule has 15 aromatic rings. The minimum atomic E-state index is 0.931. The van der Waals surface area contributed by atoms with Crippen LogP contribution in [0.1, 0.15) is 0 Å². The molecule has 0 radical (unpaired) electrons. The molecule has 0 bridgehead atoms. The van der Waals surface area contributed by atoms with E-state index in [2.05, 4.69) is 247 Å². The minimum Gasteiger partial charge on any atom is -0.309 e. The fourth-order valence-electron chi connectivity index (χ4n) is 11.3. The smallest absolute Gasteiger partial charge is 0.0730 e. The van der Waals surface area contributed by atoms with Gasteiger partial charge in [0.25, 0.3) is 0 Å². The number of fused-ring (bicyclic) bond motifs is 14. The lowest BCUT2D eigenvalue weighted by atomic mass is 9.91. The number of aromatic nitrogens is 2. The average molecular weight is 905 g/mol. The molecule has 12 aromatic carbocycles. The molecule has 0 N–H and O–H groups in total. The summed E-state index contributed by atoms with van der Waals surface area (Å²) < 4.78 is 5.13. The van der Waals surface area contributed by atoms with Crippen LogP contribution in [0.4, 0.5) is 0 Å². The third-order valence-corrected chi connectivity index (χ3v) is 15.8. The van der Waals surface area contributed by atoms with Gasteiger partial charge in [-0.05, 0) is 149 Å². The average Bonchev–Trinajstić information content (AvgIpc) is 3.97. The molecule has 70 heavy (non-hydrogen) atoms. The zero-order chi connectivity index (χ0) is 45.9. The van der Waals surface area contributed by atoms with Crippen LogP contribution in [0.25, 0.3) is 146 Å². The Bertz CT molecular complexity index is 4560. The van der Waals surface area contributed by atoms with E-state index in [4.69, 9.17) is 4.98 Å². The number of hydrogen-bond acceptors (Lipinski definition) is 2. The van der Waals surface area contributed by atoms with Crippen LogP contribution in [0.3, 0.4) is 0 Å². The Labute approximate surface area is 407 Å². The number of thiophene rings is 1. The number of rotatable bonds is 5. The largest absolute Gasteiger partial charge is 0.309 e. The number of hydrogen-bond donors (Lipinski definition) is 0. The second-order valence-electron chi connectivity index (χ2n) is 18.7. The molecule has 3 aromatic heterocycles. The molecule has 3 heterocycles. The van der Waals surface area contributed by atoms with E-state index < -0.39 is 0 Å². The topological polar surface area (TPSA) is 17.8 Å². The van der Waals surface area contributed by atoms with Crippen LogP contribution in [-0.2, 0) is 0 Å². The zero-order valence-electron chi connectivity index (χ0n) is 37.9. The third-order valence-electron chi connectivity index (χ3n) is 14.7. The predicted octanol–water partition coefficient (Wildman–Crippen LogP) is 19.0. The second-order valence-corrected chi connectivity index (χ2v) is 19.8. The van der Waals surface area contributed by atoms with Crippen LogP contribution in [0.2, 0.25) is 0 Å². The highest BCUT2D eigenvalue weighted by Crippen LogP contribution is 2.44. The van der Waals surface area contributed by atoms with Crippen LogP contribution in [0.15, 0.2) is 243 Å². The second kappa shape index (κ2) is 15.3. The fraction of sp³-hybridized carbons (Fsp3) is 0. The van der Waals surface area contributed by atoms with Crippen molar-refractivity contribution in [2.24, 2.45) is 0 Å². The lowest BCUT2D eigenvalue weighted by Crippen LogP contribution is -1.98. The first-order valence-corrected chi connectivity index (χ1v) is 24.8. The molecule has 0 fully saturated rings. The summed E-state index contributed by atoms with van der Waals surface area (Å²) in [6, 6.07) is 89.7. The van der Waals surface area contributed by atoms with Crippen molar-refractivity contribution in [2.75, 3.05) is 0 Å². The van der Waals surface area contributed by atoms with E-state index in [1.165, 1.54) is 107 Å². The molecule has 0 aliphatic heterocycles. The summed E-state index contributed by atoms with van der Waals surface area (Å²) in [6.07, 6.45) is 0. The van der Waals surface area contributed by atoms with Crippen molar-refractivity contribution in [1.29, 1.82) is 0 Å². The van der Waals surface area contributed by atoms with Gasteiger partial charge in [-0.3, -0.25) is 0 Å². The van der Waals surface area contributed by atoms with Crippen LogP contribution in [0, 0.1) is 0 Å². The maximum atomic E-state index is 5.49. The van der Waals surface area contributed by atoms with Crippen LogP contribution < -0.4 is 0 Å². The molecule has 0 saturated heterocycles. The first-order chi connectivity index (χ1) is 34.6. The molecule has 0 amide bonds. The van der Waals surface area contributed by atoms with E-state index in [1.54, 1.807) is 0 Å². The molecule has 0 atom stereocenters. The Balaban J connectivity index is 1.03. The molecule has 0 aliphatic carbocycles. The Morgan fingerprint density at radius 1 is 0.257 bits per heavy atom. The van der Waals surface area contributed by atoms with E-state index >= 15 is 0 Å². The molecule has 0 spiro atoms. The normalized spacial score (nSPS) is 12.0. The molecule has 2 nitrogen and oxygen atoms in total. The first kappa shape index (κ1) is 39.1. The lowest BCUT2D eigenvalue weighted by Gasteiger charge is -2.15. The zero-order valence-corrected chi connectivity index (χ0v) is 38.7. The quantitative estimate of drug-likeness (QED) is 0.157. The van der Waals surface area contributed by atoms with E-state index in [0.29, 0.717) is 0 Å². The van der Waals surface area contributed by atoms with E-state index in [1.807, 2.05) is 11.3 Å². The van der Waals surface area contributed by atoms with Gasteiger partial charge >= 0.3 is 0 Å². The van der Waals surface area contributed by atoms with Crippen molar-refractivity contribution >= 4 is 107 Å². The molecule has 324 valence electrons. The third kappa shape index (κ3) is 6.15. The molecule has 0 unspecified atom stereocenters. The van der Waals surface area contributed by atoms with Gasteiger partial charge in [0.05, 0.1) is 28.1 Å². The van der Waals surface area contributed by atoms with Gasteiger partial charge in [0.1, 0.15) is 0 Å². The highest BCUT2D eigenvalue weighted by atomic mass is 32.1. The van der Waals surface area contributed by atoms with E-state index in [0.717, 1.165) is 39.2 Å². The van der Waals surface area contributed by atoms with Gasteiger partial charge in [-0.15, -0.1) is 11.3 Å². The van der Waals surface area contributed by atoms with Crippen molar-refractivity contribution in [3.05, 3.63) is 243 Å². The van der Waals surface area contributed by atoms with Gasteiger partial charge in [0, 0.05) is 42.1 Å². The van der Waals surface area contributed by atoms with Crippen LogP contribution in [-0.4, -0.2) is 9.55 Å². The Kier molecular flexibility index (Phi) is 8.56. The van der Waals surface area contributed by atoms with Crippen LogP contribution in [0.5, 0.6) is 0 Å². The van der Waals surface area contributed by atoms with Crippen molar-refractivity contribution in [1.82, 2.24) is 9.55 Å². The fourth-order valence-corrected chi connectivity index (χ4v) is 12.4.